The lowest BCUT2D eigenvalue weighted by Crippen LogP contribution is -2.29. The Balaban J connectivity index is 2.20. The molecule has 0 spiro atoms. The molecule has 0 saturated carbocycles. The Kier molecular flexibility index (Phi) is 6.39. The van der Waals surface area contributed by atoms with Crippen molar-refractivity contribution in [3.05, 3.63) is 77.2 Å². The minimum absolute atomic E-state index is 0.334. The zero-order chi connectivity index (χ0) is 19.2. The van der Waals surface area contributed by atoms with Crippen molar-refractivity contribution in [3.63, 3.8) is 0 Å². The number of imidazole rings is 1. The van der Waals surface area contributed by atoms with Gasteiger partial charge in [0.05, 0.1) is 11.2 Å². The molecule has 0 aromatic carbocycles. The Labute approximate surface area is 154 Å². The second-order valence-corrected chi connectivity index (χ2v) is 6.81. The van der Waals surface area contributed by atoms with E-state index in [-0.39, 0.29) is 5.41 Å². The van der Waals surface area contributed by atoms with Gasteiger partial charge in [-0.1, -0.05) is 36.0 Å². The predicted molar refractivity (Wildman–Crippen MR) is 103 cm³/mol. The third-order valence-corrected chi connectivity index (χ3v) is 4.60. The van der Waals surface area contributed by atoms with Crippen molar-refractivity contribution in [2.75, 3.05) is 0 Å². The first kappa shape index (κ1) is 19.5. The number of hydrogen-bond acceptors (Lipinski definition) is 3. The van der Waals surface area contributed by atoms with Crippen LogP contribution in [0.2, 0.25) is 0 Å². The Morgan fingerprint density at radius 1 is 1.31 bits per heavy atom. The summed E-state index contributed by atoms with van der Waals surface area (Å²) in [5, 5.41) is 19.1. The smallest absolute Gasteiger partial charge is 0.328 e. The molecule has 0 bridgehead atoms. The van der Waals surface area contributed by atoms with Gasteiger partial charge in [-0.05, 0) is 39.2 Å². The zero-order valence-electron chi connectivity index (χ0n) is 15.5. The number of aliphatic carboxylic acids is 1. The summed E-state index contributed by atoms with van der Waals surface area (Å²) in [6.45, 7) is 5.80. The molecule has 1 atom stereocenters. The first-order valence-corrected chi connectivity index (χ1v) is 8.69. The molecular weight excluding hydrogens is 328 g/mol. The van der Waals surface area contributed by atoms with Crippen LogP contribution >= 0.6 is 0 Å². The van der Waals surface area contributed by atoms with Gasteiger partial charge in [-0.2, -0.15) is 0 Å². The number of aliphatic hydroxyl groups is 1. The SMILES string of the molecule is CC(/C=C/C1=C(O)CCC[C@]1(C)c1ncc[nH]1)=C\C=C\C(C)=C\C(=O)O. The number of aromatic nitrogens is 2. The molecular formula is C21H26N2O3. The van der Waals surface area contributed by atoms with Gasteiger partial charge >= 0.3 is 5.97 Å². The molecule has 1 aromatic heterocycles. The number of carboxylic acid groups (broad SMARTS) is 1. The highest BCUT2D eigenvalue weighted by Gasteiger charge is 2.36. The lowest BCUT2D eigenvalue weighted by molar-refractivity contribution is -0.131. The summed E-state index contributed by atoms with van der Waals surface area (Å²) < 4.78 is 0. The van der Waals surface area contributed by atoms with E-state index in [0.29, 0.717) is 17.8 Å². The second-order valence-electron chi connectivity index (χ2n) is 6.81. The van der Waals surface area contributed by atoms with E-state index >= 15 is 0 Å². The number of carboxylic acids is 1. The van der Waals surface area contributed by atoms with Gasteiger partial charge < -0.3 is 15.2 Å². The molecule has 1 aliphatic carbocycles. The Hall–Kier alpha value is -2.82. The van der Waals surface area contributed by atoms with E-state index in [9.17, 15) is 9.90 Å². The van der Waals surface area contributed by atoms with Crippen LogP contribution < -0.4 is 0 Å². The fourth-order valence-corrected chi connectivity index (χ4v) is 3.16. The molecule has 3 N–H and O–H groups in total. The molecule has 0 unspecified atom stereocenters. The van der Waals surface area contributed by atoms with Crippen LogP contribution in [0.3, 0.4) is 0 Å². The van der Waals surface area contributed by atoms with Crippen molar-refractivity contribution in [2.24, 2.45) is 0 Å². The number of aliphatic hydroxyl groups excluding tert-OH is 1. The lowest BCUT2D eigenvalue weighted by Gasteiger charge is -2.33. The van der Waals surface area contributed by atoms with E-state index in [1.54, 1.807) is 25.4 Å². The van der Waals surface area contributed by atoms with Crippen molar-refractivity contribution in [2.45, 2.75) is 45.4 Å². The van der Waals surface area contributed by atoms with Gasteiger partial charge in [0.1, 0.15) is 5.82 Å². The summed E-state index contributed by atoms with van der Waals surface area (Å²) in [4.78, 5) is 18.2. The molecule has 1 heterocycles. The minimum Gasteiger partial charge on any atom is -0.512 e. The summed E-state index contributed by atoms with van der Waals surface area (Å²) in [5.41, 5.74) is 2.22. The molecule has 0 saturated heterocycles. The second kappa shape index (κ2) is 8.52. The van der Waals surface area contributed by atoms with Crippen LogP contribution in [0, 0.1) is 0 Å². The van der Waals surface area contributed by atoms with Crippen molar-refractivity contribution < 1.29 is 15.0 Å². The minimum atomic E-state index is -0.954. The predicted octanol–water partition coefficient (Wildman–Crippen LogP) is 4.75. The maximum Gasteiger partial charge on any atom is 0.328 e. The highest BCUT2D eigenvalue weighted by atomic mass is 16.4. The van der Waals surface area contributed by atoms with E-state index in [2.05, 4.69) is 16.9 Å². The summed E-state index contributed by atoms with van der Waals surface area (Å²) in [5.74, 6) is 0.319. The molecule has 2 rings (SSSR count). The maximum absolute atomic E-state index is 10.6. The van der Waals surface area contributed by atoms with E-state index < -0.39 is 5.97 Å². The summed E-state index contributed by atoms with van der Waals surface area (Å²) >= 11 is 0. The van der Waals surface area contributed by atoms with E-state index in [1.807, 2.05) is 31.2 Å². The monoisotopic (exact) mass is 354 g/mol. The van der Waals surface area contributed by atoms with Crippen molar-refractivity contribution in [1.82, 2.24) is 9.97 Å². The Bertz CT molecular complexity index is 795. The number of hydrogen-bond donors (Lipinski definition) is 3. The van der Waals surface area contributed by atoms with E-state index in [1.165, 1.54) is 0 Å². The molecule has 5 nitrogen and oxygen atoms in total. The van der Waals surface area contributed by atoms with Gasteiger partial charge in [-0.15, -0.1) is 0 Å². The first-order chi connectivity index (χ1) is 12.3. The van der Waals surface area contributed by atoms with Gasteiger partial charge in [-0.25, -0.2) is 9.78 Å². The van der Waals surface area contributed by atoms with Crippen LogP contribution in [-0.2, 0) is 10.2 Å². The van der Waals surface area contributed by atoms with Gasteiger partial charge in [0.25, 0.3) is 0 Å². The fourth-order valence-electron chi connectivity index (χ4n) is 3.16. The molecule has 1 aromatic rings. The van der Waals surface area contributed by atoms with Gasteiger partial charge in [0.15, 0.2) is 0 Å². The number of allylic oxidation sites excluding steroid dienone is 9. The van der Waals surface area contributed by atoms with Crippen molar-refractivity contribution in [1.29, 1.82) is 0 Å². The van der Waals surface area contributed by atoms with Crippen LogP contribution in [0.15, 0.2) is 71.3 Å². The number of nitrogens with one attached hydrogen (secondary N) is 1. The number of carbonyl (C=O) groups is 1. The normalized spacial score (nSPS) is 22.6. The molecule has 0 aliphatic heterocycles. The standard InChI is InChI=1S/C21H26N2O3/c1-15(6-4-7-16(2)14-19(25)26)9-10-17-18(24)8-5-11-21(17,3)20-22-12-13-23-20/h4,6-7,9-10,12-14,24H,5,8,11H2,1-3H3,(H,22,23)(H,25,26)/b7-4+,10-9+,15-6+,16-14+/t21-/m0/s1. The van der Waals surface area contributed by atoms with Gasteiger partial charge in [0, 0.05) is 30.5 Å². The van der Waals surface area contributed by atoms with E-state index in [0.717, 1.165) is 35.9 Å². The average Bonchev–Trinajstić information content (AvgIpc) is 3.09. The molecule has 138 valence electrons. The number of aromatic amines is 1. The summed E-state index contributed by atoms with van der Waals surface area (Å²) in [7, 11) is 0. The van der Waals surface area contributed by atoms with Crippen LogP contribution in [0.4, 0.5) is 0 Å². The van der Waals surface area contributed by atoms with Crippen LogP contribution in [-0.4, -0.2) is 26.2 Å². The highest BCUT2D eigenvalue weighted by molar-refractivity contribution is 5.81. The Morgan fingerprint density at radius 3 is 2.73 bits per heavy atom. The lowest BCUT2D eigenvalue weighted by atomic mass is 9.72. The van der Waals surface area contributed by atoms with Gasteiger partial charge in [0.2, 0.25) is 0 Å². The van der Waals surface area contributed by atoms with Crippen LogP contribution in [0.5, 0.6) is 0 Å². The zero-order valence-corrected chi connectivity index (χ0v) is 15.5. The Morgan fingerprint density at radius 2 is 2.08 bits per heavy atom. The van der Waals surface area contributed by atoms with Crippen LogP contribution in [0.25, 0.3) is 0 Å². The molecule has 0 radical (unpaired) electrons. The summed E-state index contributed by atoms with van der Waals surface area (Å²) in [6, 6.07) is 0. The topological polar surface area (TPSA) is 86.2 Å². The molecule has 0 fully saturated rings. The number of H-pyrrole nitrogens is 1. The largest absolute Gasteiger partial charge is 0.512 e. The number of rotatable bonds is 6. The van der Waals surface area contributed by atoms with Crippen molar-refractivity contribution in [3.8, 4) is 0 Å². The number of nitrogens with zero attached hydrogens (tertiary/aromatic N) is 1. The first-order valence-electron chi connectivity index (χ1n) is 8.69. The maximum atomic E-state index is 10.6. The summed E-state index contributed by atoms with van der Waals surface area (Å²) in [6.07, 6.45) is 16.6. The average molecular weight is 354 g/mol. The molecule has 26 heavy (non-hydrogen) atoms. The van der Waals surface area contributed by atoms with E-state index in [4.69, 9.17) is 5.11 Å². The van der Waals surface area contributed by atoms with Crippen molar-refractivity contribution >= 4 is 5.97 Å². The quantitative estimate of drug-likeness (QED) is 0.508. The third-order valence-electron chi connectivity index (χ3n) is 4.60. The van der Waals surface area contributed by atoms with Gasteiger partial charge in [-0.3, -0.25) is 0 Å². The molecule has 0 amide bonds. The fraction of sp³-hybridized carbons (Fsp3) is 0.333. The highest BCUT2D eigenvalue weighted by Crippen LogP contribution is 2.41. The third kappa shape index (κ3) is 4.85. The molecule has 1 aliphatic rings. The van der Waals surface area contributed by atoms with Crippen LogP contribution in [0.1, 0.15) is 45.9 Å². The molecule has 5 heteroatoms.